The minimum Gasteiger partial charge on any atom is -0.476 e. The lowest BCUT2D eigenvalue weighted by molar-refractivity contribution is 0.0636. The van der Waals surface area contributed by atoms with E-state index in [4.69, 9.17) is 33.0 Å². The largest absolute Gasteiger partial charge is 0.476 e. The van der Waals surface area contributed by atoms with Gasteiger partial charge in [0.1, 0.15) is 10.8 Å². The summed E-state index contributed by atoms with van der Waals surface area (Å²) in [6.45, 7) is 5.04. The smallest absolute Gasteiger partial charge is 0.412 e. The van der Waals surface area contributed by atoms with E-state index in [-0.39, 0.29) is 15.9 Å². The molecule has 104 valence electrons. The fraction of sp³-hybridized carbons (Fsp3) is 0.364. The van der Waals surface area contributed by atoms with Crippen molar-refractivity contribution in [1.29, 1.82) is 0 Å². The van der Waals surface area contributed by atoms with Crippen molar-refractivity contribution in [2.75, 3.05) is 5.32 Å². The lowest BCUT2D eigenvalue weighted by atomic mass is 10.2. The van der Waals surface area contributed by atoms with Gasteiger partial charge in [0, 0.05) is 0 Å². The number of nitrogens with one attached hydrogen (secondary N) is 1. The highest BCUT2D eigenvalue weighted by Gasteiger charge is 2.21. The Labute approximate surface area is 119 Å². The number of ether oxygens (including phenoxy) is 1. The minimum absolute atomic E-state index is 0.0257. The van der Waals surface area contributed by atoms with Crippen LogP contribution in [0.4, 0.5) is 10.5 Å². The number of nitrogens with zero attached hydrogens (tertiary/aromatic N) is 1. The number of carbonyl (C=O) groups excluding carboxylic acids is 1. The number of pyridine rings is 1. The molecule has 0 unspecified atom stereocenters. The van der Waals surface area contributed by atoms with Gasteiger partial charge in [-0.15, -0.1) is 0 Å². The Bertz CT molecular complexity index is 526. The van der Waals surface area contributed by atoms with Gasteiger partial charge in [-0.05, 0) is 26.8 Å². The van der Waals surface area contributed by atoms with Gasteiger partial charge in [-0.3, -0.25) is 5.32 Å². The molecule has 0 aliphatic rings. The Kier molecular flexibility index (Phi) is 4.60. The molecule has 0 aliphatic carbocycles. The number of amides is 1. The SMILES string of the molecule is CC(C)(C)OC(=O)Nc1cc(Cl)c(Cl)nc1C(=O)O. The summed E-state index contributed by atoms with van der Waals surface area (Å²) in [5.74, 6) is -1.34. The first-order valence-corrected chi connectivity index (χ1v) is 5.95. The fourth-order valence-electron chi connectivity index (χ4n) is 1.14. The van der Waals surface area contributed by atoms with Crippen molar-refractivity contribution in [2.24, 2.45) is 0 Å². The van der Waals surface area contributed by atoms with E-state index in [2.05, 4.69) is 10.3 Å². The van der Waals surface area contributed by atoms with Crippen LogP contribution in [0.2, 0.25) is 10.2 Å². The normalized spacial score (nSPS) is 11.0. The Morgan fingerprint density at radius 2 is 1.95 bits per heavy atom. The molecule has 19 heavy (non-hydrogen) atoms. The second-order valence-corrected chi connectivity index (χ2v) is 5.35. The van der Waals surface area contributed by atoms with Crippen molar-refractivity contribution in [2.45, 2.75) is 26.4 Å². The maximum Gasteiger partial charge on any atom is 0.412 e. The lowest BCUT2D eigenvalue weighted by Crippen LogP contribution is -2.28. The molecule has 0 atom stereocenters. The van der Waals surface area contributed by atoms with Crippen LogP contribution in [0.25, 0.3) is 0 Å². The van der Waals surface area contributed by atoms with Gasteiger partial charge in [0.25, 0.3) is 0 Å². The van der Waals surface area contributed by atoms with E-state index in [1.54, 1.807) is 20.8 Å². The summed E-state index contributed by atoms with van der Waals surface area (Å²) in [5.41, 5.74) is -1.21. The summed E-state index contributed by atoms with van der Waals surface area (Å²) < 4.78 is 5.00. The number of aromatic nitrogens is 1. The topological polar surface area (TPSA) is 88.5 Å². The molecular weight excluding hydrogens is 295 g/mol. The summed E-state index contributed by atoms with van der Waals surface area (Å²) in [6, 6.07) is 1.20. The molecule has 1 rings (SSSR count). The number of halogens is 2. The summed E-state index contributed by atoms with van der Waals surface area (Å²) in [7, 11) is 0. The van der Waals surface area contributed by atoms with Crippen LogP contribution in [0.3, 0.4) is 0 Å². The summed E-state index contributed by atoms with van der Waals surface area (Å²) in [6.07, 6.45) is -0.810. The zero-order valence-corrected chi connectivity index (χ0v) is 12.0. The molecule has 0 bridgehead atoms. The van der Waals surface area contributed by atoms with Crippen molar-refractivity contribution in [1.82, 2.24) is 4.98 Å². The van der Waals surface area contributed by atoms with Gasteiger partial charge in [-0.2, -0.15) is 0 Å². The molecule has 0 saturated carbocycles. The van der Waals surface area contributed by atoms with Gasteiger partial charge >= 0.3 is 12.1 Å². The number of aromatic carboxylic acids is 1. The van der Waals surface area contributed by atoms with E-state index >= 15 is 0 Å². The molecule has 1 aromatic heterocycles. The zero-order valence-electron chi connectivity index (χ0n) is 10.5. The third kappa shape index (κ3) is 4.57. The molecule has 0 fully saturated rings. The van der Waals surface area contributed by atoms with Crippen LogP contribution in [0, 0.1) is 0 Å². The molecule has 2 N–H and O–H groups in total. The van der Waals surface area contributed by atoms with E-state index in [0.29, 0.717) is 0 Å². The number of rotatable bonds is 2. The van der Waals surface area contributed by atoms with Gasteiger partial charge in [-0.1, -0.05) is 23.2 Å². The van der Waals surface area contributed by atoms with Crippen LogP contribution >= 0.6 is 23.2 Å². The molecule has 8 heteroatoms. The monoisotopic (exact) mass is 306 g/mol. The number of hydrogen-bond acceptors (Lipinski definition) is 4. The summed E-state index contributed by atoms with van der Waals surface area (Å²) in [4.78, 5) is 26.2. The maximum atomic E-state index is 11.6. The maximum absolute atomic E-state index is 11.6. The number of carboxylic acid groups (broad SMARTS) is 1. The molecule has 0 saturated heterocycles. The first-order valence-electron chi connectivity index (χ1n) is 5.19. The van der Waals surface area contributed by atoms with Gasteiger partial charge in [0.2, 0.25) is 0 Å². The Morgan fingerprint density at radius 1 is 1.37 bits per heavy atom. The van der Waals surface area contributed by atoms with Crippen LogP contribution in [0.5, 0.6) is 0 Å². The van der Waals surface area contributed by atoms with Gasteiger partial charge in [-0.25, -0.2) is 14.6 Å². The van der Waals surface area contributed by atoms with Crippen molar-refractivity contribution >= 4 is 41.0 Å². The third-order valence-corrected chi connectivity index (χ3v) is 2.44. The van der Waals surface area contributed by atoms with Crippen molar-refractivity contribution < 1.29 is 19.4 Å². The number of anilines is 1. The van der Waals surface area contributed by atoms with E-state index in [9.17, 15) is 9.59 Å². The molecule has 0 aromatic carbocycles. The zero-order chi connectivity index (χ0) is 14.8. The fourth-order valence-corrected chi connectivity index (χ4v) is 1.43. The Balaban J connectivity index is 3.03. The van der Waals surface area contributed by atoms with Gasteiger partial charge < -0.3 is 9.84 Å². The molecule has 0 aliphatic heterocycles. The van der Waals surface area contributed by atoms with Crippen molar-refractivity contribution in [3.05, 3.63) is 21.9 Å². The van der Waals surface area contributed by atoms with E-state index in [1.165, 1.54) is 6.07 Å². The quantitative estimate of drug-likeness (QED) is 0.817. The number of hydrogen-bond donors (Lipinski definition) is 2. The van der Waals surface area contributed by atoms with E-state index in [1.807, 2.05) is 0 Å². The van der Waals surface area contributed by atoms with Crippen LogP contribution < -0.4 is 5.32 Å². The molecule has 0 radical (unpaired) electrons. The molecule has 1 heterocycles. The van der Waals surface area contributed by atoms with Gasteiger partial charge in [0.15, 0.2) is 5.69 Å². The Hall–Kier alpha value is -1.53. The Morgan fingerprint density at radius 3 is 2.42 bits per heavy atom. The third-order valence-electron chi connectivity index (χ3n) is 1.77. The average molecular weight is 307 g/mol. The highest BCUT2D eigenvalue weighted by atomic mass is 35.5. The predicted molar refractivity (Wildman–Crippen MR) is 71.1 cm³/mol. The number of carbonyl (C=O) groups is 2. The van der Waals surface area contributed by atoms with Crippen LogP contribution in [-0.2, 0) is 4.74 Å². The number of carboxylic acids is 1. The second kappa shape index (κ2) is 5.63. The van der Waals surface area contributed by atoms with E-state index in [0.717, 1.165) is 0 Å². The standard InChI is InChI=1S/C11H12Cl2N2O4/c1-11(2,3)19-10(18)14-6-4-5(12)8(13)15-7(6)9(16)17/h4H,1-3H3,(H,14,18)(H,16,17). The average Bonchev–Trinajstić information content (AvgIpc) is 2.19. The second-order valence-electron chi connectivity index (χ2n) is 4.59. The van der Waals surface area contributed by atoms with Crippen LogP contribution in [0.15, 0.2) is 6.07 Å². The summed E-state index contributed by atoms with van der Waals surface area (Å²) in [5, 5.41) is 11.1. The highest BCUT2D eigenvalue weighted by molar-refractivity contribution is 6.41. The first-order chi connectivity index (χ1) is 8.60. The minimum atomic E-state index is -1.34. The molecule has 0 spiro atoms. The predicted octanol–water partition coefficient (Wildman–Crippen LogP) is 3.43. The summed E-state index contributed by atoms with van der Waals surface area (Å²) >= 11 is 11.4. The van der Waals surface area contributed by atoms with E-state index < -0.39 is 23.4 Å². The highest BCUT2D eigenvalue weighted by Crippen LogP contribution is 2.26. The first kappa shape index (κ1) is 15.5. The molecule has 1 aromatic rings. The van der Waals surface area contributed by atoms with Crippen molar-refractivity contribution in [3.63, 3.8) is 0 Å². The van der Waals surface area contributed by atoms with Crippen LogP contribution in [-0.4, -0.2) is 27.8 Å². The lowest BCUT2D eigenvalue weighted by Gasteiger charge is -2.20. The van der Waals surface area contributed by atoms with Crippen LogP contribution in [0.1, 0.15) is 31.3 Å². The van der Waals surface area contributed by atoms with Crippen molar-refractivity contribution in [3.8, 4) is 0 Å². The molecular formula is C11H12Cl2N2O4. The van der Waals surface area contributed by atoms with Gasteiger partial charge in [0.05, 0.1) is 10.7 Å². The molecule has 6 nitrogen and oxygen atoms in total. The molecule has 1 amide bonds.